The van der Waals surface area contributed by atoms with Gasteiger partial charge in [0.05, 0.1) is 43.8 Å². The van der Waals surface area contributed by atoms with E-state index in [0.717, 1.165) is 42.6 Å². The lowest BCUT2D eigenvalue weighted by atomic mass is 10.1. The Morgan fingerprint density at radius 1 is 1.36 bits per heavy atom. The summed E-state index contributed by atoms with van der Waals surface area (Å²) in [7, 11) is 2.20. The van der Waals surface area contributed by atoms with Crippen LogP contribution in [0.15, 0.2) is 23.6 Å². The Balaban J connectivity index is 1.85. The van der Waals surface area contributed by atoms with Gasteiger partial charge in [0.25, 0.3) is 5.69 Å². The largest absolute Gasteiger partial charge is 0.337 e. The zero-order chi connectivity index (χ0) is 15.7. The van der Waals surface area contributed by atoms with E-state index < -0.39 is 0 Å². The van der Waals surface area contributed by atoms with Crippen molar-refractivity contribution in [1.82, 2.24) is 4.98 Å². The van der Waals surface area contributed by atoms with Gasteiger partial charge < -0.3 is 9.80 Å². The molecule has 0 spiro atoms. The topological polar surface area (TPSA) is 63.7 Å². The number of nitrogens with one attached hydrogen (secondary N) is 1. The Morgan fingerprint density at radius 3 is 2.77 bits per heavy atom. The molecule has 0 saturated carbocycles. The van der Waals surface area contributed by atoms with Crippen LogP contribution in [-0.4, -0.2) is 43.1 Å². The van der Waals surface area contributed by atoms with Crippen LogP contribution in [0.2, 0.25) is 0 Å². The van der Waals surface area contributed by atoms with Crippen molar-refractivity contribution < 1.29 is 9.82 Å². The van der Waals surface area contributed by atoms with Crippen LogP contribution in [0.4, 0.5) is 10.8 Å². The average molecular weight is 319 g/mol. The van der Waals surface area contributed by atoms with Crippen LogP contribution in [0.1, 0.15) is 5.56 Å². The lowest BCUT2D eigenvalue weighted by Crippen LogP contribution is -3.12. The molecule has 1 fully saturated rings. The van der Waals surface area contributed by atoms with Crippen LogP contribution in [0.25, 0.3) is 11.3 Å². The molecule has 1 N–H and O–H groups in total. The molecule has 2 heterocycles. The predicted octanol–water partition coefficient (Wildman–Crippen LogP) is 1.36. The summed E-state index contributed by atoms with van der Waals surface area (Å²) in [5.41, 5.74) is 2.44. The molecule has 1 aromatic heterocycles. The molecule has 2 aromatic rings. The molecule has 1 aromatic carbocycles. The van der Waals surface area contributed by atoms with Gasteiger partial charge in [-0.05, 0) is 6.92 Å². The van der Waals surface area contributed by atoms with E-state index in [-0.39, 0.29) is 10.6 Å². The number of thiazole rings is 1. The van der Waals surface area contributed by atoms with Gasteiger partial charge in [-0.3, -0.25) is 10.1 Å². The minimum absolute atomic E-state index is 0.148. The van der Waals surface area contributed by atoms with E-state index in [4.69, 9.17) is 0 Å². The first-order valence-electron chi connectivity index (χ1n) is 7.32. The Hall–Kier alpha value is -1.99. The molecular weight excluding hydrogens is 300 g/mol. The number of nitro benzene ring substituents is 1. The maximum atomic E-state index is 11.1. The Kier molecular flexibility index (Phi) is 4.08. The number of quaternary nitrogens is 1. The number of anilines is 1. The highest BCUT2D eigenvalue weighted by molar-refractivity contribution is 7.14. The highest BCUT2D eigenvalue weighted by Gasteiger charge is 2.20. The molecule has 3 rings (SSSR count). The molecule has 0 unspecified atom stereocenters. The van der Waals surface area contributed by atoms with E-state index in [1.807, 2.05) is 11.4 Å². The summed E-state index contributed by atoms with van der Waals surface area (Å²) in [6, 6.07) is 5.29. The predicted molar refractivity (Wildman–Crippen MR) is 87.8 cm³/mol. The number of benzene rings is 1. The minimum Gasteiger partial charge on any atom is -0.337 e. The molecule has 0 atom stereocenters. The van der Waals surface area contributed by atoms with Gasteiger partial charge >= 0.3 is 0 Å². The quantitative estimate of drug-likeness (QED) is 0.685. The van der Waals surface area contributed by atoms with Gasteiger partial charge in [0.1, 0.15) is 0 Å². The van der Waals surface area contributed by atoms with Crippen LogP contribution in [0, 0.1) is 17.0 Å². The second kappa shape index (κ2) is 6.02. The Labute approximate surface area is 133 Å². The molecule has 0 radical (unpaired) electrons. The van der Waals surface area contributed by atoms with Gasteiger partial charge in [0.2, 0.25) is 0 Å². The third-order valence-corrected chi connectivity index (χ3v) is 4.98. The SMILES string of the molecule is Cc1ccc(-c2csc(N3CC[NH+](C)CC3)n2)cc1[N+](=O)[O-]. The normalized spacial score (nSPS) is 16.0. The molecule has 7 heteroatoms. The van der Waals surface area contributed by atoms with Gasteiger partial charge in [-0.25, -0.2) is 4.98 Å². The van der Waals surface area contributed by atoms with Crippen LogP contribution >= 0.6 is 11.3 Å². The third kappa shape index (κ3) is 2.95. The summed E-state index contributed by atoms with van der Waals surface area (Å²) in [4.78, 5) is 19.2. The number of rotatable bonds is 3. The summed E-state index contributed by atoms with van der Waals surface area (Å²) >= 11 is 1.61. The molecule has 116 valence electrons. The summed E-state index contributed by atoms with van der Waals surface area (Å²) in [5.74, 6) is 0. The fourth-order valence-electron chi connectivity index (χ4n) is 2.59. The van der Waals surface area contributed by atoms with Crippen molar-refractivity contribution in [3.8, 4) is 11.3 Å². The second-order valence-electron chi connectivity index (χ2n) is 5.72. The Bertz CT molecular complexity index is 693. The van der Waals surface area contributed by atoms with Gasteiger partial charge in [0.15, 0.2) is 5.13 Å². The molecular formula is C15H19N4O2S+. The number of likely N-dealkylation sites (N-methyl/N-ethyl adjacent to an activating group) is 1. The van der Waals surface area contributed by atoms with Crippen molar-refractivity contribution in [2.45, 2.75) is 6.92 Å². The second-order valence-corrected chi connectivity index (χ2v) is 6.55. The van der Waals surface area contributed by atoms with E-state index in [1.165, 1.54) is 0 Å². The summed E-state index contributed by atoms with van der Waals surface area (Å²) in [5, 5.41) is 14.1. The third-order valence-electron chi connectivity index (χ3n) is 4.08. The number of aryl methyl sites for hydroxylation is 1. The van der Waals surface area contributed by atoms with E-state index in [0.29, 0.717) is 5.56 Å². The smallest absolute Gasteiger partial charge is 0.272 e. The van der Waals surface area contributed by atoms with Crippen molar-refractivity contribution in [2.24, 2.45) is 0 Å². The van der Waals surface area contributed by atoms with E-state index in [2.05, 4.69) is 16.9 Å². The molecule has 1 saturated heterocycles. The zero-order valence-corrected chi connectivity index (χ0v) is 13.5. The van der Waals surface area contributed by atoms with Crippen LogP contribution in [0.5, 0.6) is 0 Å². The van der Waals surface area contributed by atoms with Crippen LogP contribution in [-0.2, 0) is 0 Å². The lowest BCUT2D eigenvalue weighted by Gasteiger charge is -2.29. The number of hydrogen-bond donors (Lipinski definition) is 1. The number of piperazine rings is 1. The first-order chi connectivity index (χ1) is 10.5. The van der Waals surface area contributed by atoms with Crippen LogP contribution in [0.3, 0.4) is 0 Å². The van der Waals surface area contributed by atoms with E-state index in [9.17, 15) is 10.1 Å². The first-order valence-corrected chi connectivity index (χ1v) is 8.20. The zero-order valence-electron chi connectivity index (χ0n) is 12.7. The monoisotopic (exact) mass is 319 g/mol. The number of nitro groups is 1. The molecule has 6 nitrogen and oxygen atoms in total. The molecule has 22 heavy (non-hydrogen) atoms. The van der Waals surface area contributed by atoms with Crippen LogP contribution < -0.4 is 9.80 Å². The minimum atomic E-state index is -0.338. The van der Waals surface area contributed by atoms with E-state index >= 15 is 0 Å². The molecule has 1 aliphatic rings. The number of hydrogen-bond acceptors (Lipinski definition) is 5. The Morgan fingerprint density at radius 2 is 2.09 bits per heavy atom. The summed E-state index contributed by atoms with van der Waals surface area (Å²) in [6.45, 7) is 6.00. The number of aromatic nitrogens is 1. The maximum absolute atomic E-state index is 11.1. The van der Waals surface area contributed by atoms with Gasteiger partial charge in [-0.1, -0.05) is 12.1 Å². The van der Waals surface area contributed by atoms with Crippen molar-refractivity contribution in [1.29, 1.82) is 0 Å². The molecule has 0 aliphatic carbocycles. The highest BCUT2D eigenvalue weighted by Crippen LogP contribution is 2.30. The van der Waals surface area contributed by atoms with Crippen molar-refractivity contribution in [3.63, 3.8) is 0 Å². The molecule has 1 aliphatic heterocycles. The molecule has 0 bridgehead atoms. The fourth-order valence-corrected chi connectivity index (χ4v) is 3.48. The summed E-state index contributed by atoms with van der Waals surface area (Å²) in [6.07, 6.45) is 0. The van der Waals surface area contributed by atoms with E-state index in [1.54, 1.807) is 35.3 Å². The summed E-state index contributed by atoms with van der Waals surface area (Å²) < 4.78 is 0. The highest BCUT2D eigenvalue weighted by atomic mass is 32.1. The van der Waals surface area contributed by atoms with Gasteiger partial charge in [-0.2, -0.15) is 0 Å². The van der Waals surface area contributed by atoms with Crippen molar-refractivity contribution >= 4 is 22.2 Å². The van der Waals surface area contributed by atoms with Crippen molar-refractivity contribution in [2.75, 3.05) is 38.1 Å². The first kappa shape index (κ1) is 14.9. The fraction of sp³-hybridized carbons (Fsp3) is 0.400. The number of nitrogens with zero attached hydrogens (tertiary/aromatic N) is 3. The van der Waals surface area contributed by atoms with Crippen molar-refractivity contribution in [3.05, 3.63) is 39.3 Å². The van der Waals surface area contributed by atoms with Gasteiger partial charge in [-0.15, -0.1) is 11.3 Å². The standard InChI is InChI=1S/C15H18N4O2S/c1-11-3-4-12(9-14(11)19(20)21)13-10-22-15(16-13)18-7-5-17(2)6-8-18/h3-4,9-10H,5-8H2,1-2H3/p+1. The molecule has 0 amide bonds. The van der Waals surface area contributed by atoms with Gasteiger partial charge in [0, 0.05) is 22.6 Å². The lowest BCUT2D eigenvalue weighted by molar-refractivity contribution is -0.880. The average Bonchev–Trinajstić information content (AvgIpc) is 2.98. The maximum Gasteiger partial charge on any atom is 0.272 e.